The van der Waals surface area contributed by atoms with Crippen molar-refractivity contribution in [2.75, 3.05) is 16.3 Å². The molecule has 98 valence electrons. The minimum atomic E-state index is 0.364. The van der Waals surface area contributed by atoms with Gasteiger partial charge in [0.1, 0.15) is 6.17 Å². The SMILES string of the molecule is CCN1c2ccccc2N(c2ccccc2C)[C@H]1C. The molecule has 2 heteroatoms. The maximum atomic E-state index is 2.45. The summed E-state index contributed by atoms with van der Waals surface area (Å²) in [5, 5.41) is 0. The van der Waals surface area contributed by atoms with Gasteiger partial charge in [0.15, 0.2) is 0 Å². The highest BCUT2D eigenvalue weighted by Gasteiger charge is 2.32. The second kappa shape index (κ2) is 4.61. The van der Waals surface area contributed by atoms with Gasteiger partial charge in [-0.15, -0.1) is 0 Å². The Morgan fingerprint density at radius 3 is 2.11 bits per heavy atom. The van der Waals surface area contributed by atoms with Gasteiger partial charge in [0.25, 0.3) is 0 Å². The number of rotatable bonds is 2. The van der Waals surface area contributed by atoms with Crippen LogP contribution in [0, 0.1) is 6.92 Å². The molecule has 0 spiro atoms. The van der Waals surface area contributed by atoms with Gasteiger partial charge in [0.2, 0.25) is 0 Å². The molecule has 1 aliphatic heterocycles. The van der Waals surface area contributed by atoms with E-state index >= 15 is 0 Å². The average molecular weight is 252 g/mol. The Balaban J connectivity index is 2.15. The predicted octanol–water partition coefficient (Wildman–Crippen LogP) is 4.32. The van der Waals surface area contributed by atoms with Crippen molar-refractivity contribution in [3.05, 3.63) is 54.1 Å². The van der Waals surface area contributed by atoms with Gasteiger partial charge in [-0.3, -0.25) is 0 Å². The van der Waals surface area contributed by atoms with Gasteiger partial charge in [-0.25, -0.2) is 0 Å². The van der Waals surface area contributed by atoms with Crippen LogP contribution < -0.4 is 9.80 Å². The van der Waals surface area contributed by atoms with Crippen molar-refractivity contribution in [3.8, 4) is 0 Å². The van der Waals surface area contributed by atoms with E-state index in [0.717, 1.165) is 6.54 Å². The summed E-state index contributed by atoms with van der Waals surface area (Å²) in [5.41, 5.74) is 5.27. The average Bonchev–Trinajstić information content (AvgIpc) is 2.71. The lowest BCUT2D eigenvalue weighted by Crippen LogP contribution is -2.38. The molecule has 2 nitrogen and oxygen atoms in total. The van der Waals surface area contributed by atoms with Crippen molar-refractivity contribution in [3.63, 3.8) is 0 Å². The van der Waals surface area contributed by atoms with Crippen LogP contribution in [0.5, 0.6) is 0 Å². The zero-order valence-corrected chi connectivity index (χ0v) is 11.8. The molecule has 0 radical (unpaired) electrons. The second-order valence-electron chi connectivity index (χ2n) is 5.06. The molecular weight excluding hydrogens is 232 g/mol. The van der Waals surface area contributed by atoms with Crippen LogP contribution in [0.25, 0.3) is 0 Å². The van der Waals surface area contributed by atoms with Gasteiger partial charge < -0.3 is 9.80 Å². The molecule has 0 N–H and O–H groups in total. The lowest BCUT2D eigenvalue weighted by Gasteiger charge is -2.30. The highest BCUT2D eigenvalue weighted by Crippen LogP contribution is 2.44. The summed E-state index contributed by atoms with van der Waals surface area (Å²) in [7, 11) is 0. The van der Waals surface area contributed by atoms with Gasteiger partial charge in [-0.1, -0.05) is 30.3 Å². The molecule has 1 atom stereocenters. The maximum Gasteiger partial charge on any atom is 0.104 e. The number of nitrogens with zero attached hydrogens (tertiary/aromatic N) is 2. The fourth-order valence-electron chi connectivity index (χ4n) is 3.05. The molecule has 2 aromatic rings. The standard InChI is InChI=1S/C17H20N2/c1-4-18-14(3)19(15-10-6-5-9-13(15)2)17-12-8-7-11-16(17)18/h5-12,14H,4H2,1-3H3/t14-/m0/s1. The molecule has 0 aromatic heterocycles. The van der Waals surface area contributed by atoms with Crippen molar-refractivity contribution in [2.24, 2.45) is 0 Å². The van der Waals surface area contributed by atoms with Crippen molar-refractivity contribution in [1.82, 2.24) is 0 Å². The van der Waals surface area contributed by atoms with Gasteiger partial charge in [0.05, 0.1) is 11.4 Å². The molecule has 0 amide bonds. The van der Waals surface area contributed by atoms with E-state index in [4.69, 9.17) is 0 Å². The summed E-state index contributed by atoms with van der Waals surface area (Å²) < 4.78 is 0. The van der Waals surface area contributed by atoms with Gasteiger partial charge in [0, 0.05) is 12.2 Å². The minimum absolute atomic E-state index is 0.364. The molecule has 1 heterocycles. The Kier molecular flexibility index (Phi) is 2.94. The van der Waals surface area contributed by atoms with E-state index < -0.39 is 0 Å². The number of para-hydroxylation sites is 3. The third-order valence-corrected chi connectivity index (χ3v) is 3.99. The van der Waals surface area contributed by atoms with Crippen LogP contribution in [0.15, 0.2) is 48.5 Å². The Morgan fingerprint density at radius 1 is 0.895 bits per heavy atom. The molecule has 3 rings (SSSR count). The van der Waals surface area contributed by atoms with E-state index in [0.29, 0.717) is 6.17 Å². The van der Waals surface area contributed by atoms with Crippen LogP contribution in [-0.4, -0.2) is 12.7 Å². The number of hydrogen-bond acceptors (Lipinski definition) is 2. The highest BCUT2D eigenvalue weighted by molar-refractivity contribution is 5.84. The number of hydrogen-bond donors (Lipinski definition) is 0. The molecule has 0 saturated heterocycles. The normalized spacial score (nSPS) is 17.7. The molecule has 0 bridgehead atoms. The quantitative estimate of drug-likeness (QED) is 0.785. The first-order chi connectivity index (χ1) is 9.24. The van der Waals surface area contributed by atoms with E-state index in [1.54, 1.807) is 0 Å². The van der Waals surface area contributed by atoms with E-state index in [1.807, 2.05) is 0 Å². The molecular formula is C17H20N2. The third kappa shape index (κ3) is 1.79. The molecule has 0 aliphatic carbocycles. The van der Waals surface area contributed by atoms with Gasteiger partial charge in [-0.2, -0.15) is 0 Å². The van der Waals surface area contributed by atoms with Crippen LogP contribution in [0.2, 0.25) is 0 Å². The van der Waals surface area contributed by atoms with Crippen LogP contribution >= 0.6 is 0 Å². The third-order valence-electron chi connectivity index (χ3n) is 3.99. The Morgan fingerprint density at radius 2 is 1.47 bits per heavy atom. The molecule has 0 unspecified atom stereocenters. The zero-order chi connectivity index (χ0) is 13.4. The topological polar surface area (TPSA) is 6.48 Å². The number of anilines is 3. The van der Waals surface area contributed by atoms with Crippen LogP contribution in [-0.2, 0) is 0 Å². The predicted molar refractivity (Wildman–Crippen MR) is 82.2 cm³/mol. The van der Waals surface area contributed by atoms with Crippen molar-refractivity contribution >= 4 is 17.1 Å². The summed E-state index contributed by atoms with van der Waals surface area (Å²) >= 11 is 0. The monoisotopic (exact) mass is 252 g/mol. The first kappa shape index (κ1) is 12.1. The van der Waals surface area contributed by atoms with E-state index in [2.05, 4.69) is 79.1 Å². The van der Waals surface area contributed by atoms with Crippen LogP contribution in [0.4, 0.5) is 17.1 Å². The summed E-state index contributed by atoms with van der Waals surface area (Å²) in [6.07, 6.45) is 0.364. The highest BCUT2D eigenvalue weighted by atomic mass is 15.4. The second-order valence-corrected chi connectivity index (χ2v) is 5.06. The van der Waals surface area contributed by atoms with E-state index in [1.165, 1.54) is 22.6 Å². The molecule has 1 aliphatic rings. The van der Waals surface area contributed by atoms with Gasteiger partial charge in [-0.05, 0) is 44.5 Å². The van der Waals surface area contributed by atoms with Crippen molar-refractivity contribution in [1.29, 1.82) is 0 Å². The number of benzene rings is 2. The van der Waals surface area contributed by atoms with E-state index in [-0.39, 0.29) is 0 Å². The Bertz CT molecular complexity index is 591. The molecule has 19 heavy (non-hydrogen) atoms. The van der Waals surface area contributed by atoms with E-state index in [9.17, 15) is 0 Å². The largest absolute Gasteiger partial charge is 0.350 e. The maximum absolute atomic E-state index is 2.45. The zero-order valence-electron chi connectivity index (χ0n) is 11.8. The van der Waals surface area contributed by atoms with Crippen LogP contribution in [0.1, 0.15) is 19.4 Å². The Labute approximate surface area is 115 Å². The first-order valence-corrected chi connectivity index (χ1v) is 6.94. The van der Waals surface area contributed by atoms with Crippen molar-refractivity contribution < 1.29 is 0 Å². The molecule has 0 saturated carbocycles. The summed E-state index contributed by atoms with van der Waals surface area (Å²) in [5.74, 6) is 0. The first-order valence-electron chi connectivity index (χ1n) is 6.94. The Hall–Kier alpha value is -1.96. The number of aryl methyl sites for hydroxylation is 1. The summed E-state index contributed by atoms with van der Waals surface area (Å²) in [6, 6.07) is 17.3. The minimum Gasteiger partial charge on any atom is -0.350 e. The molecule has 0 fully saturated rings. The lowest BCUT2D eigenvalue weighted by atomic mass is 10.1. The molecule has 2 aromatic carbocycles. The summed E-state index contributed by atoms with van der Waals surface area (Å²) in [4.78, 5) is 4.88. The van der Waals surface area contributed by atoms with Crippen LogP contribution in [0.3, 0.4) is 0 Å². The fourth-order valence-corrected chi connectivity index (χ4v) is 3.05. The summed E-state index contributed by atoms with van der Waals surface area (Å²) in [6.45, 7) is 7.70. The fraction of sp³-hybridized carbons (Fsp3) is 0.294. The van der Waals surface area contributed by atoms with Gasteiger partial charge >= 0.3 is 0 Å². The smallest absolute Gasteiger partial charge is 0.104 e. The lowest BCUT2D eigenvalue weighted by molar-refractivity contribution is 0.691. The number of fused-ring (bicyclic) bond motifs is 1. The van der Waals surface area contributed by atoms with Crippen molar-refractivity contribution in [2.45, 2.75) is 26.9 Å².